The Morgan fingerprint density at radius 2 is 2.08 bits per heavy atom. The maximum absolute atomic E-state index is 6.50. The smallest absolute Gasteiger partial charge is 0.0544 e. The first kappa shape index (κ1) is 16.3. The molecule has 1 N–H and O–H groups in total. The molecule has 2 aromatic rings. The molecule has 0 spiro atoms. The van der Waals surface area contributed by atoms with Crippen LogP contribution in [0.1, 0.15) is 24.3 Å². The first-order valence-electron chi connectivity index (χ1n) is 8.96. The molecule has 2 atom stereocenters. The van der Waals surface area contributed by atoms with Gasteiger partial charge in [-0.05, 0) is 66.6 Å². The van der Waals surface area contributed by atoms with E-state index in [4.69, 9.17) is 23.2 Å². The predicted molar refractivity (Wildman–Crippen MR) is 109 cm³/mol. The van der Waals surface area contributed by atoms with Crippen LogP contribution in [0.2, 0.25) is 10.0 Å². The van der Waals surface area contributed by atoms with Gasteiger partial charge in [0.2, 0.25) is 0 Å². The van der Waals surface area contributed by atoms with E-state index in [2.05, 4.69) is 22.3 Å². The average molecular weight is 391 g/mol. The minimum Gasteiger partial charge on any atom is -0.367 e. The fourth-order valence-electron chi connectivity index (χ4n) is 4.60. The van der Waals surface area contributed by atoms with Crippen LogP contribution in [0.4, 0.5) is 5.69 Å². The molecule has 1 fully saturated rings. The Hall–Kier alpha value is -0.870. The van der Waals surface area contributed by atoms with Crippen molar-refractivity contribution in [3.8, 4) is 11.1 Å². The molecule has 2 aromatic carbocycles. The maximum atomic E-state index is 6.50. The van der Waals surface area contributed by atoms with E-state index in [-0.39, 0.29) is 0 Å². The summed E-state index contributed by atoms with van der Waals surface area (Å²) in [5, 5.41) is 5.10. The van der Waals surface area contributed by atoms with Crippen molar-refractivity contribution < 1.29 is 0 Å². The zero-order chi connectivity index (χ0) is 17.0. The van der Waals surface area contributed by atoms with Gasteiger partial charge in [0, 0.05) is 45.6 Å². The Kier molecular flexibility index (Phi) is 4.16. The summed E-state index contributed by atoms with van der Waals surface area (Å²) in [6.07, 6.45) is 2.49. The van der Waals surface area contributed by atoms with Gasteiger partial charge >= 0.3 is 0 Å². The lowest BCUT2D eigenvalue weighted by atomic mass is 9.88. The van der Waals surface area contributed by atoms with E-state index in [0.717, 1.165) is 28.7 Å². The molecule has 0 amide bonds. The molecule has 2 nitrogen and oxygen atoms in total. The summed E-state index contributed by atoms with van der Waals surface area (Å²) < 4.78 is 0. The van der Waals surface area contributed by atoms with Gasteiger partial charge in [-0.2, -0.15) is 0 Å². The number of nitrogens with one attached hydrogen (secondary N) is 1. The zero-order valence-corrected chi connectivity index (χ0v) is 16.2. The van der Waals surface area contributed by atoms with Crippen LogP contribution in [0, 0.1) is 0 Å². The number of piperidine rings is 1. The largest absolute Gasteiger partial charge is 0.367 e. The van der Waals surface area contributed by atoms with Crippen LogP contribution in [-0.4, -0.2) is 31.4 Å². The van der Waals surface area contributed by atoms with E-state index in [1.165, 1.54) is 46.8 Å². The molecular weight excluding hydrogens is 371 g/mol. The minimum absolute atomic E-state index is 0.583. The van der Waals surface area contributed by atoms with Gasteiger partial charge in [-0.15, -0.1) is 11.8 Å². The number of halogens is 2. The van der Waals surface area contributed by atoms with Crippen molar-refractivity contribution >= 4 is 40.7 Å². The third-order valence-corrected chi connectivity index (χ3v) is 7.36. The van der Waals surface area contributed by atoms with Crippen LogP contribution in [0.15, 0.2) is 35.2 Å². The molecule has 0 aromatic heterocycles. The lowest BCUT2D eigenvalue weighted by Gasteiger charge is -2.33. The Balaban J connectivity index is 1.70. The number of fused-ring (bicyclic) bond motifs is 3. The van der Waals surface area contributed by atoms with Crippen LogP contribution < -0.4 is 10.2 Å². The highest BCUT2D eigenvalue weighted by Crippen LogP contribution is 2.51. The number of nitrogens with zero attached hydrogens (tertiary/aromatic N) is 1. The standard InChI is InChI=1S/C20H20Cl2N2S/c21-13-2-3-17(22)14(10-13)12-8-15-16-11-23-5-4-18(16)24-6-1-7-25-19(9-12)20(15)24/h2-3,8-10,16,18,23H,1,4-7,11H2/t16-,18-/m1/s1. The number of thioether (sulfide) groups is 1. The van der Waals surface area contributed by atoms with Crippen molar-refractivity contribution in [3.05, 3.63) is 45.9 Å². The molecule has 5 rings (SSSR count). The Bertz CT molecular complexity index is 839. The molecule has 0 radical (unpaired) electrons. The van der Waals surface area contributed by atoms with E-state index in [9.17, 15) is 0 Å². The van der Waals surface area contributed by atoms with Crippen molar-refractivity contribution in [3.63, 3.8) is 0 Å². The minimum atomic E-state index is 0.583. The summed E-state index contributed by atoms with van der Waals surface area (Å²) in [7, 11) is 0. The van der Waals surface area contributed by atoms with Crippen LogP contribution in [0.25, 0.3) is 11.1 Å². The molecule has 3 heterocycles. The van der Waals surface area contributed by atoms with Crippen molar-refractivity contribution in [2.45, 2.75) is 29.7 Å². The van der Waals surface area contributed by atoms with Crippen LogP contribution in [0.3, 0.4) is 0 Å². The van der Waals surface area contributed by atoms with E-state index in [0.29, 0.717) is 12.0 Å². The highest BCUT2D eigenvalue weighted by atomic mass is 35.5. The van der Waals surface area contributed by atoms with Gasteiger partial charge in [-0.25, -0.2) is 0 Å². The summed E-state index contributed by atoms with van der Waals surface area (Å²) in [5.74, 6) is 1.77. The van der Waals surface area contributed by atoms with E-state index in [1.54, 1.807) is 0 Å². The monoisotopic (exact) mass is 390 g/mol. The zero-order valence-electron chi connectivity index (χ0n) is 13.9. The molecule has 25 heavy (non-hydrogen) atoms. The second-order valence-corrected chi connectivity index (χ2v) is 9.08. The fourth-order valence-corrected chi connectivity index (χ4v) is 6.07. The van der Waals surface area contributed by atoms with E-state index < -0.39 is 0 Å². The number of hydrogen-bond donors (Lipinski definition) is 1. The summed E-state index contributed by atoms with van der Waals surface area (Å²) in [6, 6.07) is 11.1. The van der Waals surface area contributed by atoms with E-state index >= 15 is 0 Å². The summed E-state index contributed by atoms with van der Waals surface area (Å²) in [6.45, 7) is 3.39. The van der Waals surface area contributed by atoms with E-state index in [1.807, 2.05) is 30.0 Å². The highest BCUT2D eigenvalue weighted by molar-refractivity contribution is 7.99. The Morgan fingerprint density at radius 3 is 3.00 bits per heavy atom. The molecule has 0 aliphatic carbocycles. The SMILES string of the molecule is Clc1ccc(Cl)c(-c2cc3c4c(c2)[C@H]2CNCC[C@H]2N4CCCS3)c1. The molecular formula is C20H20Cl2N2S. The van der Waals surface area contributed by atoms with Crippen LogP contribution >= 0.6 is 35.0 Å². The summed E-state index contributed by atoms with van der Waals surface area (Å²) >= 11 is 14.7. The number of hydrogen-bond acceptors (Lipinski definition) is 3. The lowest BCUT2D eigenvalue weighted by Crippen LogP contribution is -2.44. The van der Waals surface area contributed by atoms with Gasteiger partial charge in [-0.3, -0.25) is 0 Å². The summed E-state index contributed by atoms with van der Waals surface area (Å²) in [4.78, 5) is 4.11. The van der Waals surface area contributed by atoms with Crippen molar-refractivity contribution in [2.24, 2.45) is 0 Å². The van der Waals surface area contributed by atoms with Gasteiger partial charge in [0.05, 0.1) is 5.69 Å². The highest BCUT2D eigenvalue weighted by Gasteiger charge is 2.41. The molecule has 5 heteroatoms. The molecule has 0 saturated carbocycles. The third kappa shape index (κ3) is 2.68. The summed E-state index contributed by atoms with van der Waals surface area (Å²) in [5.41, 5.74) is 5.22. The first-order chi connectivity index (χ1) is 12.2. The molecule has 1 saturated heterocycles. The number of anilines is 1. The maximum Gasteiger partial charge on any atom is 0.0544 e. The van der Waals surface area contributed by atoms with Crippen molar-refractivity contribution in [1.82, 2.24) is 5.32 Å². The molecule has 130 valence electrons. The second kappa shape index (κ2) is 6.38. The lowest BCUT2D eigenvalue weighted by molar-refractivity contribution is 0.403. The van der Waals surface area contributed by atoms with Gasteiger partial charge < -0.3 is 10.2 Å². The molecule has 3 aliphatic heterocycles. The molecule has 3 aliphatic rings. The molecule has 0 unspecified atom stereocenters. The van der Waals surface area contributed by atoms with Gasteiger partial charge in [-0.1, -0.05) is 23.2 Å². The second-order valence-electron chi connectivity index (χ2n) is 7.10. The van der Waals surface area contributed by atoms with Gasteiger partial charge in [0.15, 0.2) is 0 Å². The average Bonchev–Trinajstić information content (AvgIpc) is 2.79. The quantitative estimate of drug-likeness (QED) is 0.699. The van der Waals surface area contributed by atoms with Crippen molar-refractivity contribution in [1.29, 1.82) is 0 Å². The Morgan fingerprint density at radius 1 is 1.16 bits per heavy atom. The first-order valence-corrected chi connectivity index (χ1v) is 10.7. The topological polar surface area (TPSA) is 15.3 Å². The predicted octanol–water partition coefficient (Wildman–Crippen LogP) is 5.42. The number of benzene rings is 2. The third-order valence-electron chi connectivity index (χ3n) is 5.68. The fraction of sp³-hybridized carbons (Fsp3) is 0.400. The van der Waals surface area contributed by atoms with Crippen molar-refractivity contribution in [2.75, 3.05) is 30.3 Å². The van der Waals surface area contributed by atoms with Crippen LogP contribution in [-0.2, 0) is 0 Å². The number of rotatable bonds is 1. The molecule has 0 bridgehead atoms. The van der Waals surface area contributed by atoms with Gasteiger partial charge in [0.1, 0.15) is 0 Å². The normalized spacial score (nSPS) is 24.6. The van der Waals surface area contributed by atoms with Gasteiger partial charge in [0.25, 0.3) is 0 Å². The van der Waals surface area contributed by atoms with Crippen LogP contribution in [0.5, 0.6) is 0 Å². The Labute approximate surface area is 162 Å².